The third-order valence-corrected chi connectivity index (χ3v) is 4.03. The summed E-state index contributed by atoms with van der Waals surface area (Å²) in [7, 11) is 2.90. The van der Waals surface area contributed by atoms with Crippen LogP contribution in [0.3, 0.4) is 0 Å². The fourth-order valence-electron chi connectivity index (χ4n) is 1.67. The van der Waals surface area contributed by atoms with Gasteiger partial charge in [-0.25, -0.2) is 7.11 Å². The predicted molar refractivity (Wildman–Crippen MR) is 63.0 cm³/mol. The second-order valence-electron chi connectivity index (χ2n) is 3.57. The maximum Gasteiger partial charge on any atom is 4.00 e. The summed E-state index contributed by atoms with van der Waals surface area (Å²) in [6.07, 6.45) is 8.67. The number of carbonyl (C=O) groups is 1. The molecule has 0 unspecified atom stereocenters. The van der Waals surface area contributed by atoms with E-state index in [0.717, 1.165) is 11.1 Å². The number of halogens is 2. The first-order chi connectivity index (χ1) is 7.77. The van der Waals surface area contributed by atoms with Gasteiger partial charge in [-0.15, -0.1) is 23.8 Å². The van der Waals surface area contributed by atoms with Gasteiger partial charge in [0, 0.05) is 16.1 Å². The van der Waals surface area contributed by atoms with E-state index in [-0.39, 0.29) is 72.9 Å². The summed E-state index contributed by atoms with van der Waals surface area (Å²) < 4.78 is 4.19. The molecule has 100 valence electrons. The Balaban J connectivity index is 0. The molecule has 0 aromatic rings. The van der Waals surface area contributed by atoms with Crippen LogP contribution < -0.4 is 24.8 Å². The smallest absolute Gasteiger partial charge is 1.00 e. The van der Waals surface area contributed by atoms with Crippen LogP contribution in [0.4, 0.5) is 0 Å². The summed E-state index contributed by atoms with van der Waals surface area (Å²) in [4.78, 5) is 11.3. The van der Waals surface area contributed by atoms with Crippen LogP contribution >= 0.6 is 0 Å². The summed E-state index contributed by atoms with van der Waals surface area (Å²) in [5.74, 6) is 0.185. The Morgan fingerprint density at radius 3 is 2.58 bits per heavy atom. The van der Waals surface area contributed by atoms with Crippen LogP contribution in [0.25, 0.3) is 0 Å². The summed E-state index contributed by atoms with van der Waals surface area (Å²) in [5.41, 5.74) is 2.00. The first kappa shape index (κ1) is 21.5. The molecule has 19 heavy (non-hydrogen) atoms. The Hall–Kier alpha value is 0.230. The van der Waals surface area contributed by atoms with Gasteiger partial charge in [0.05, 0.1) is 6.61 Å². The molecule has 3 nitrogen and oxygen atoms in total. The van der Waals surface area contributed by atoms with E-state index in [1.54, 1.807) is 6.08 Å². The van der Waals surface area contributed by atoms with Crippen LogP contribution in [0.15, 0.2) is 39.8 Å². The number of hydrogen-bond acceptors (Lipinski definition) is 3. The van der Waals surface area contributed by atoms with Crippen molar-refractivity contribution in [1.82, 2.24) is 0 Å². The van der Waals surface area contributed by atoms with Crippen molar-refractivity contribution in [2.45, 2.75) is 0 Å². The fourth-order valence-corrected chi connectivity index (χ4v) is 3.02. The standard InChI is InChI=1S/C9H5OSi.C3H7O2.2ClH.Zr/c10-6-3-1-2-5-4-7-9(11-7)8(5)6;1-5-3-2-4;;;/h1-3H,11H2;4H,1-3H2;2*1H;/q2*-1;;;+4/p-2. The number of aliphatic hydroxyl groups is 1. The quantitative estimate of drug-likeness (QED) is 0.375. The zero-order valence-electron chi connectivity index (χ0n) is 10.1. The van der Waals surface area contributed by atoms with Crippen LogP contribution in [0, 0.1) is 13.2 Å². The van der Waals surface area contributed by atoms with Gasteiger partial charge in [0.15, 0.2) is 0 Å². The molecule has 1 aliphatic heterocycles. The second kappa shape index (κ2) is 10.0. The molecular weight excluding hydrogens is 382 g/mol. The Morgan fingerprint density at radius 2 is 2.11 bits per heavy atom. The molecule has 0 aromatic carbocycles. The van der Waals surface area contributed by atoms with Gasteiger partial charge in [-0.05, 0) is 6.08 Å². The molecule has 0 saturated carbocycles. The van der Waals surface area contributed by atoms with Crippen molar-refractivity contribution in [3.05, 3.63) is 53.0 Å². The maximum atomic E-state index is 11.3. The fraction of sp³-hybridized carbons (Fsp3) is 0.167. The van der Waals surface area contributed by atoms with E-state index in [4.69, 9.17) is 5.11 Å². The maximum absolute atomic E-state index is 11.3. The molecule has 2 aliphatic carbocycles. The SMILES string of the molecule is O=C1C=CC=C2[C-]=C3[SiH2]C3=C12.[CH2-]OCCO.[Cl-].[Cl-].[Zr+4]. The Bertz CT molecular complexity index is 454. The molecular formula is C12H12Cl2O3SiZr. The van der Waals surface area contributed by atoms with E-state index in [9.17, 15) is 4.79 Å². The molecule has 7 heteroatoms. The Morgan fingerprint density at radius 1 is 1.42 bits per heavy atom. The topological polar surface area (TPSA) is 46.5 Å². The average Bonchev–Trinajstić information content (AvgIpc) is 2.92. The minimum Gasteiger partial charge on any atom is -1.00 e. The molecule has 0 amide bonds. The molecule has 3 aliphatic rings. The Labute approximate surface area is 146 Å². The van der Waals surface area contributed by atoms with Gasteiger partial charge in [-0.1, -0.05) is 5.57 Å². The largest absolute Gasteiger partial charge is 4.00 e. The summed E-state index contributed by atoms with van der Waals surface area (Å²) in [6, 6.07) is 0. The molecule has 0 bridgehead atoms. The van der Waals surface area contributed by atoms with E-state index in [2.05, 4.69) is 17.9 Å². The van der Waals surface area contributed by atoms with Crippen molar-refractivity contribution >= 4 is 15.3 Å². The zero-order valence-corrected chi connectivity index (χ0v) is 15.5. The van der Waals surface area contributed by atoms with E-state index in [1.807, 2.05) is 12.2 Å². The molecule has 1 heterocycles. The molecule has 1 saturated heterocycles. The average molecular weight is 394 g/mol. The molecule has 0 atom stereocenters. The van der Waals surface area contributed by atoms with E-state index < -0.39 is 0 Å². The summed E-state index contributed by atoms with van der Waals surface area (Å²) >= 11 is 0. The van der Waals surface area contributed by atoms with Crippen LogP contribution in [-0.2, 0) is 35.7 Å². The normalized spacial score (nSPS) is 17.7. The third kappa shape index (κ3) is 5.25. The number of hydrogen-bond donors (Lipinski definition) is 1. The minimum absolute atomic E-state index is 0. The van der Waals surface area contributed by atoms with E-state index >= 15 is 0 Å². The van der Waals surface area contributed by atoms with Gasteiger partial charge in [0.2, 0.25) is 0 Å². The van der Waals surface area contributed by atoms with Gasteiger partial charge >= 0.3 is 26.2 Å². The van der Waals surface area contributed by atoms with Gasteiger partial charge in [-0.2, -0.15) is 10.4 Å². The second-order valence-corrected chi connectivity index (χ2v) is 5.34. The molecule has 1 fully saturated rings. The summed E-state index contributed by atoms with van der Waals surface area (Å²) in [5, 5.41) is 10.6. The molecule has 0 spiro atoms. The van der Waals surface area contributed by atoms with Crippen molar-refractivity contribution in [3.8, 4) is 0 Å². The van der Waals surface area contributed by atoms with Gasteiger partial charge in [-0.3, -0.25) is 0 Å². The zero-order chi connectivity index (χ0) is 11.5. The first-order valence-corrected chi connectivity index (χ1v) is 6.46. The molecule has 0 aromatic heterocycles. The monoisotopic (exact) mass is 392 g/mol. The number of ether oxygens (including phenoxy) is 1. The Kier molecular flexibility index (Phi) is 11.4. The van der Waals surface area contributed by atoms with Gasteiger partial charge < -0.3 is 39.5 Å². The number of allylic oxidation sites excluding steroid dienone is 8. The minimum atomic E-state index is -0.116. The first-order valence-electron chi connectivity index (χ1n) is 5.05. The summed E-state index contributed by atoms with van der Waals surface area (Å²) in [6.45, 7) is 0.392. The number of fused-ring (bicyclic) bond motifs is 2. The van der Waals surface area contributed by atoms with Crippen LogP contribution in [0.2, 0.25) is 0 Å². The molecule has 3 rings (SSSR count). The number of rotatable bonds is 2. The number of carbonyl (C=O) groups excluding carboxylic acids is 1. The number of ketones is 1. The van der Waals surface area contributed by atoms with Crippen molar-refractivity contribution in [1.29, 1.82) is 0 Å². The van der Waals surface area contributed by atoms with Crippen molar-refractivity contribution < 1.29 is 65.7 Å². The van der Waals surface area contributed by atoms with Crippen LogP contribution in [0.1, 0.15) is 0 Å². The molecule has 0 radical (unpaired) electrons. The van der Waals surface area contributed by atoms with Crippen LogP contribution in [0.5, 0.6) is 0 Å². The molecule has 1 N–H and O–H groups in total. The predicted octanol–water partition coefficient (Wildman–Crippen LogP) is -6.02. The number of aliphatic hydroxyl groups excluding tert-OH is 1. The van der Waals surface area contributed by atoms with Crippen LogP contribution in [-0.4, -0.2) is 33.6 Å². The van der Waals surface area contributed by atoms with Crippen molar-refractivity contribution in [2.75, 3.05) is 13.2 Å². The van der Waals surface area contributed by atoms with Gasteiger partial charge in [0.1, 0.15) is 5.78 Å². The van der Waals surface area contributed by atoms with Crippen molar-refractivity contribution in [2.24, 2.45) is 0 Å². The van der Waals surface area contributed by atoms with Gasteiger partial charge in [0.25, 0.3) is 0 Å². The van der Waals surface area contributed by atoms with E-state index in [0.29, 0.717) is 6.61 Å². The van der Waals surface area contributed by atoms with Crippen molar-refractivity contribution in [3.63, 3.8) is 0 Å². The van der Waals surface area contributed by atoms with E-state index in [1.165, 1.54) is 10.4 Å². The third-order valence-electron chi connectivity index (χ3n) is 2.44.